The third-order valence-corrected chi connectivity index (χ3v) is 6.69. The highest BCUT2D eigenvalue weighted by molar-refractivity contribution is 5.93. The number of nitrogens with zero attached hydrogens (tertiary/aromatic N) is 5. The molecule has 3 aromatic rings. The van der Waals surface area contributed by atoms with Gasteiger partial charge in [0.15, 0.2) is 11.3 Å². The first-order valence-corrected chi connectivity index (χ1v) is 11.2. The summed E-state index contributed by atoms with van der Waals surface area (Å²) in [6.45, 7) is 4.70. The third-order valence-electron chi connectivity index (χ3n) is 6.69. The van der Waals surface area contributed by atoms with Crippen LogP contribution in [0, 0.1) is 5.82 Å². The van der Waals surface area contributed by atoms with E-state index in [2.05, 4.69) is 21.8 Å². The molecule has 0 N–H and O–H groups in total. The van der Waals surface area contributed by atoms with Crippen LogP contribution in [0.1, 0.15) is 46.9 Å². The van der Waals surface area contributed by atoms with Crippen molar-refractivity contribution in [2.75, 3.05) is 40.3 Å². The molecule has 2 aliphatic rings. The molecule has 1 aromatic carbocycles. The lowest BCUT2D eigenvalue weighted by atomic mass is 9.81. The number of ether oxygens (including phenoxy) is 1. The molecule has 2 fully saturated rings. The summed E-state index contributed by atoms with van der Waals surface area (Å²) in [7, 11) is 3.50. The van der Waals surface area contributed by atoms with Crippen molar-refractivity contribution in [2.24, 2.45) is 0 Å². The van der Waals surface area contributed by atoms with Gasteiger partial charge in [0.1, 0.15) is 5.82 Å². The Morgan fingerprint density at radius 2 is 1.88 bits per heavy atom. The average Bonchev–Trinajstić information content (AvgIpc) is 3.13. The molecule has 168 valence electrons. The van der Waals surface area contributed by atoms with E-state index in [1.807, 2.05) is 6.07 Å². The molecule has 0 spiro atoms. The van der Waals surface area contributed by atoms with E-state index in [-0.39, 0.29) is 11.5 Å². The average molecular weight is 438 g/mol. The lowest BCUT2D eigenvalue weighted by Gasteiger charge is -2.32. The molecule has 1 aliphatic carbocycles. The predicted octanol–water partition coefficient (Wildman–Crippen LogP) is 3.36. The summed E-state index contributed by atoms with van der Waals surface area (Å²) in [6, 6.07) is 8.09. The summed E-state index contributed by atoms with van der Waals surface area (Å²) in [6.07, 6.45) is 3.39. The van der Waals surface area contributed by atoms with Crippen molar-refractivity contribution in [3.05, 3.63) is 53.1 Å². The Kier molecular flexibility index (Phi) is 5.65. The molecule has 1 saturated carbocycles. The van der Waals surface area contributed by atoms with Crippen LogP contribution in [0.3, 0.4) is 0 Å². The predicted molar refractivity (Wildman–Crippen MR) is 120 cm³/mol. The topological polar surface area (TPSA) is 63.5 Å². The molecule has 1 aliphatic heterocycles. The van der Waals surface area contributed by atoms with Crippen LogP contribution < -0.4 is 0 Å². The molecule has 0 amide bonds. The Morgan fingerprint density at radius 3 is 2.50 bits per heavy atom. The molecule has 2 aromatic heterocycles. The molecule has 7 nitrogen and oxygen atoms in total. The van der Waals surface area contributed by atoms with Crippen molar-refractivity contribution in [1.82, 2.24) is 24.6 Å². The number of aromatic nitrogens is 3. The van der Waals surface area contributed by atoms with Gasteiger partial charge in [-0.2, -0.15) is 5.10 Å². The van der Waals surface area contributed by atoms with Gasteiger partial charge in [-0.05, 0) is 55.8 Å². The summed E-state index contributed by atoms with van der Waals surface area (Å²) in [5, 5.41) is 5.98. The van der Waals surface area contributed by atoms with Crippen molar-refractivity contribution in [3.8, 4) is 5.69 Å². The number of pyridine rings is 1. The monoisotopic (exact) mass is 437 g/mol. The van der Waals surface area contributed by atoms with E-state index in [9.17, 15) is 9.18 Å². The van der Waals surface area contributed by atoms with Crippen molar-refractivity contribution in [2.45, 2.75) is 31.7 Å². The van der Waals surface area contributed by atoms with Gasteiger partial charge in [-0.1, -0.05) is 6.42 Å². The highest BCUT2D eigenvalue weighted by Crippen LogP contribution is 2.40. The normalized spacial score (nSPS) is 18.1. The first-order valence-electron chi connectivity index (χ1n) is 11.2. The summed E-state index contributed by atoms with van der Waals surface area (Å²) in [5.41, 5.74) is 3.71. The van der Waals surface area contributed by atoms with Gasteiger partial charge in [-0.3, -0.25) is 4.90 Å². The second-order valence-corrected chi connectivity index (χ2v) is 8.84. The molecule has 0 atom stereocenters. The second-order valence-electron chi connectivity index (χ2n) is 8.84. The molecular formula is C24H28FN5O2. The molecule has 0 unspecified atom stereocenters. The lowest BCUT2D eigenvalue weighted by molar-refractivity contribution is 0.0594. The zero-order chi connectivity index (χ0) is 22.2. The van der Waals surface area contributed by atoms with Crippen LogP contribution in [0.2, 0.25) is 0 Å². The number of rotatable bonds is 5. The van der Waals surface area contributed by atoms with E-state index in [0.29, 0.717) is 11.6 Å². The van der Waals surface area contributed by atoms with Gasteiger partial charge in [0.25, 0.3) is 0 Å². The number of halogens is 1. The van der Waals surface area contributed by atoms with E-state index in [4.69, 9.17) is 9.84 Å². The molecule has 0 radical (unpaired) electrons. The lowest BCUT2D eigenvalue weighted by Crippen LogP contribution is -2.43. The maximum absolute atomic E-state index is 13.6. The number of fused-ring (bicyclic) bond motifs is 1. The maximum Gasteiger partial charge on any atom is 0.356 e. The van der Waals surface area contributed by atoms with Crippen LogP contribution in [0.5, 0.6) is 0 Å². The van der Waals surface area contributed by atoms with Crippen LogP contribution in [0.4, 0.5) is 4.39 Å². The fourth-order valence-electron chi connectivity index (χ4n) is 4.53. The minimum Gasteiger partial charge on any atom is -0.464 e. The highest BCUT2D eigenvalue weighted by Gasteiger charge is 2.29. The van der Waals surface area contributed by atoms with E-state index < -0.39 is 5.97 Å². The first kappa shape index (κ1) is 21.0. The Labute approximate surface area is 186 Å². The van der Waals surface area contributed by atoms with Crippen molar-refractivity contribution in [1.29, 1.82) is 0 Å². The number of likely N-dealkylation sites (N-methyl/N-ethyl adjacent to an activating group) is 1. The fraction of sp³-hybridized carbons (Fsp3) is 0.458. The maximum atomic E-state index is 13.6. The number of methoxy groups -OCH3 is 1. The van der Waals surface area contributed by atoms with Crippen molar-refractivity contribution >= 4 is 17.0 Å². The fourth-order valence-corrected chi connectivity index (χ4v) is 4.53. The number of piperazine rings is 1. The van der Waals surface area contributed by atoms with Crippen LogP contribution in [-0.2, 0) is 11.3 Å². The number of benzene rings is 1. The van der Waals surface area contributed by atoms with Gasteiger partial charge in [0, 0.05) is 44.0 Å². The first-order chi connectivity index (χ1) is 15.5. The second kappa shape index (κ2) is 8.60. The van der Waals surface area contributed by atoms with Gasteiger partial charge < -0.3 is 9.64 Å². The minimum atomic E-state index is -0.469. The summed E-state index contributed by atoms with van der Waals surface area (Å²) < 4.78 is 20.3. The Balaban J connectivity index is 1.67. The Morgan fingerprint density at radius 1 is 1.16 bits per heavy atom. The quantitative estimate of drug-likeness (QED) is 0.571. The van der Waals surface area contributed by atoms with Gasteiger partial charge in [-0.25, -0.2) is 18.9 Å². The Bertz CT molecular complexity index is 1130. The minimum absolute atomic E-state index is 0.271. The van der Waals surface area contributed by atoms with Gasteiger partial charge in [0.05, 0.1) is 18.5 Å². The summed E-state index contributed by atoms with van der Waals surface area (Å²) in [4.78, 5) is 21.9. The number of hydrogen-bond donors (Lipinski definition) is 0. The molecule has 8 heteroatoms. The van der Waals surface area contributed by atoms with E-state index >= 15 is 0 Å². The molecule has 0 bridgehead atoms. The van der Waals surface area contributed by atoms with Gasteiger partial charge in [-0.15, -0.1) is 0 Å². The van der Waals surface area contributed by atoms with Crippen LogP contribution >= 0.6 is 0 Å². The van der Waals surface area contributed by atoms with Crippen LogP contribution in [0.15, 0.2) is 30.3 Å². The van der Waals surface area contributed by atoms with E-state index in [1.54, 1.807) is 16.8 Å². The van der Waals surface area contributed by atoms with Gasteiger partial charge >= 0.3 is 5.97 Å². The zero-order valence-corrected chi connectivity index (χ0v) is 18.6. The molecule has 1 saturated heterocycles. The molecule has 5 rings (SSSR count). The zero-order valence-electron chi connectivity index (χ0n) is 18.6. The summed E-state index contributed by atoms with van der Waals surface area (Å²) >= 11 is 0. The number of carbonyl (C=O) groups excluding carboxylic acids is 1. The highest BCUT2D eigenvalue weighted by atomic mass is 19.1. The van der Waals surface area contributed by atoms with Crippen molar-refractivity contribution < 1.29 is 13.9 Å². The number of carbonyl (C=O) groups is 1. The smallest absolute Gasteiger partial charge is 0.356 e. The van der Waals surface area contributed by atoms with Crippen LogP contribution in [-0.4, -0.2) is 70.9 Å². The van der Waals surface area contributed by atoms with Gasteiger partial charge in [0.2, 0.25) is 0 Å². The van der Waals surface area contributed by atoms with Crippen molar-refractivity contribution in [3.63, 3.8) is 0 Å². The standard InChI is InChI=1S/C24H28FN5O2/c1-28-10-12-29(13-11-28)15-17-14-20(24(31)32-2)26-23-21(17)22(16-4-3-5-16)27-30(23)19-8-6-18(25)7-9-19/h6-9,14,16H,3-5,10-13,15H2,1-2H3. The Hall–Kier alpha value is -2.84. The summed E-state index contributed by atoms with van der Waals surface area (Å²) in [5.74, 6) is -0.386. The molecule has 3 heterocycles. The van der Waals surface area contributed by atoms with Crippen LogP contribution in [0.25, 0.3) is 16.7 Å². The number of hydrogen-bond acceptors (Lipinski definition) is 6. The SMILES string of the molecule is COC(=O)c1cc(CN2CCN(C)CC2)c2c(C3CCC3)nn(-c3ccc(F)cc3)c2n1. The molecular weight excluding hydrogens is 409 g/mol. The third kappa shape index (κ3) is 3.89. The largest absolute Gasteiger partial charge is 0.464 e. The van der Waals surface area contributed by atoms with E-state index in [0.717, 1.165) is 67.9 Å². The molecule has 32 heavy (non-hydrogen) atoms. The number of esters is 1. The van der Waals surface area contributed by atoms with E-state index in [1.165, 1.54) is 25.7 Å².